The van der Waals surface area contributed by atoms with Gasteiger partial charge in [0.2, 0.25) is 0 Å². The number of aryl methyl sites for hydroxylation is 1. The van der Waals surface area contributed by atoms with E-state index in [9.17, 15) is 14.7 Å². The third-order valence-electron chi connectivity index (χ3n) is 2.40. The van der Waals surface area contributed by atoms with Gasteiger partial charge in [0.15, 0.2) is 0 Å². The van der Waals surface area contributed by atoms with Gasteiger partial charge in [-0.3, -0.25) is 9.78 Å². The summed E-state index contributed by atoms with van der Waals surface area (Å²) in [4.78, 5) is 29.2. The molecule has 0 radical (unpaired) electrons. The lowest BCUT2D eigenvalue weighted by Crippen LogP contribution is -2.14. The summed E-state index contributed by atoms with van der Waals surface area (Å²) in [7, 11) is 0. The van der Waals surface area contributed by atoms with Crippen molar-refractivity contribution in [1.29, 1.82) is 0 Å². The molecule has 0 saturated carbocycles. The molecule has 0 bridgehead atoms. The van der Waals surface area contributed by atoms with E-state index < -0.39 is 11.9 Å². The number of carbonyl (C=O) groups excluding carboxylic acids is 1. The normalized spacial score (nSPS) is 10.2. The fourth-order valence-electron chi connectivity index (χ4n) is 1.60. The van der Waals surface area contributed by atoms with E-state index in [1.54, 1.807) is 6.92 Å². The summed E-state index contributed by atoms with van der Waals surface area (Å²) < 4.78 is 0. The summed E-state index contributed by atoms with van der Waals surface area (Å²) in [6, 6.07) is 2.75. The lowest BCUT2D eigenvalue weighted by Gasteiger charge is -2.04. The van der Waals surface area contributed by atoms with Crippen LogP contribution in [0.25, 0.3) is 0 Å². The predicted molar refractivity (Wildman–Crippen MR) is 66.3 cm³/mol. The first kappa shape index (κ1) is 12.6. The molecular weight excluding hydrogens is 250 g/mol. The molecule has 2 aromatic rings. The number of carboxylic acid groups (broad SMARTS) is 1. The Morgan fingerprint density at radius 3 is 2.68 bits per heavy atom. The maximum absolute atomic E-state index is 11.9. The van der Waals surface area contributed by atoms with Gasteiger partial charge >= 0.3 is 5.97 Å². The van der Waals surface area contributed by atoms with Gasteiger partial charge in [-0.2, -0.15) is 0 Å². The van der Waals surface area contributed by atoms with E-state index in [-0.39, 0.29) is 22.7 Å². The number of hydrogen-bond donors (Lipinski definition) is 4. The second kappa shape index (κ2) is 4.81. The molecule has 7 nitrogen and oxygen atoms in total. The van der Waals surface area contributed by atoms with Crippen molar-refractivity contribution >= 4 is 17.6 Å². The molecule has 19 heavy (non-hydrogen) atoms. The van der Waals surface area contributed by atoms with Gasteiger partial charge in [-0.1, -0.05) is 0 Å². The Morgan fingerprint density at radius 1 is 1.32 bits per heavy atom. The molecule has 0 unspecified atom stereocenters. The fourth-order valence-corrected chi connectivity index (χ4v) is 1.60. The third kappa shape index (κ3) is 2.71. The van der Waals surface area contributed by atoms with E-state index in [2.05, 4.69) is 15.3 Å². The number of aromatic carboxylic acids is 1. The van der Waals surface area contributed by atoms with Crippen LogP contribution >= 0.6 is 0 Å². The molecule has 0 fully saturated rings. The van der Waals surface area contributed by atoms with Crippen molar-refractivity contribution in [2.75, 3.05) is 5.32 Å². The fraction of sp³-hybridized carbons (Fsp3) is 0.0833. The lowest BCUT2D eigenvalue weighted by molar-refractivity contribution is 0.0692. The van der Waals surface area contributed by atoms with Crippen molar-refractivity contribution < 1.29 is 19.8 Å². The molecule has 1 amide bonds. The zero-order chi connectivity index (χ0) is 14.0. The van der Waals surface area contributed by atoms with Gasteiger partial charge in [0.25, 0.3) is 5.91 Å². The van der Waals surface area contributed by atoms with E-state index in [1.165, 1.54) is 24.5 Å². The van der Waals surface area contributed by atoms with Gasteiger partial charge in [-0.25, -0.2) is 4.79 Å². The smallest absolute Gasteiger partial charge is 0.354 e. The number of anilines is 1. The van der Waals surface area contributed by atoms with Gasteiger partial charge < -0.3 is 20.5 Å². The molecule has 0 spiro atoms. The highest BCUT2D eigenvalue weighted by Crippen LogP contribution is 2.18. The van der Waals surface area contributed by atoms with Crippen molar-refractivity contribution in [1.82, 2.24) is 9.97 Å². The minimum absolute atomic E-state index is 0.0982. The van der Waals surface area contributed by atoms with Gasteiger partial charge in [-0.05, 0) is 19.1 Å². The van der Waals surface area contributed by atoms with Crippen molar-refractivity contribution in [3.8, 4) is 5.75 Å². The Balaban J connectivity index is 2.26. The highest BCUT2D eigenvalue weighted by atomic mass is 16.4. The topological polar surface area (TPSA) is 115 Å². The van der Waals surface area contributed by atoms with Crippen LogP contribution in [-0.2, 0) is 0 Å². The summed E-state index contributed by atoms with van der Waals surface area (Å²) in [6.07, 6.45) is 2.47. The van der Waals surface area contributed by atoms with E-state index in [0.29, 0.717) is 5.69 Å². The number of carboxylic acids is 1. The molecule has 0 aliphatic carbocycles. The lowest BCUT2D eigenvalue weighted by atomic mass is 10.2. The zero-order valence-electron chi connectivity index (χ0n) is 9.97. The van der Waals surface area contributed by atoms with Gasteiger partial charge in [0.1, 0.15) is 11.4 Å². The van der Waals surface area contributed by atoms with Crippen molar-refractivity contribution in [2.45, 2.75) is 6.92 Å². The first-order valence-electron chi connectivity index (χ1n) is 5.35. The second-order valence-corrected chi connectivity index (χ2v) is 3.93. The zero-order valence-corrected chi connectivity index (χ0v) is 9.97. The Labute approximate surface area is 107 Å². The minimum Gasteiger partial charge on any atom is -0.506 e. The van der Waals surface area contributed by atoms with Crippen LogP contribution in [0.15, 0.2) is 24.5 Å². The molecule has 0 aliphatic heterocycles. The van der Waals surface area contributed by atoms with Gasteiger partial charge in [0, 0.05) is 11.9 Å². The molecule has 2 aromatic heterocycles. The van der Waals surface area contributed by atoms with E-state index >= 15 is 0 Å². The Morgan fingerprint density at radius 2 is 2.05 bits per heavy atom. The highest BCUT2D eigenvalue weighted by molar-refractivity contribution is 6.07. The molecule has 4 N–H and O–H groups in total. The molecule has 0 aliphatic rings. The molecule has 0 saturated heterocycles. The summed E-state index contributed by atoms with van der Waals surface area (Å²) in [5, 5.41) is 20.7. The van der Waals surface area contributed by atoms with Crippen molar-refractivity contribution in [3.63, 3.8) is 0 Å². The summed E-state index contributed by atoms with van der Waals surface area (Å²) in [5.74, 6) is -1.86. The minimum atomic E-state index is -1.17. The number of carbonyl (C=O) groups is 2. The number of aromatic hydroxyl groups is 1. The third-order valence-corrected chi connectivity index (χ3v) is 2.40. The average Bonchev–Trinajstić information content (AvgIpc) is 2.70. The number of aromatic nitrogens is 2. The number of aromatic amines is 1. The number of H-pyrrole nitrogens is 1. The number of amides is 1. The first-order valence-corrected chi connectivity index (χ1v) is 5.35. The first-order chi connectivity index (χ1) is 8.97. The van der Waals surface area contributed by atoms with Gasteiger partial charge in [0.05, 0.1) is 17.4 Å². The Kier molecular flexibility index (Phi) is 3.19. The number of hydrogen-bond acceptors (Lipinski definition) is 4. The average molecular weight is 261 g/mol. The monoisotopic (exact) mass is 261 g/mol. The number of rotatable bonds is 3. The largest absolute Gasteiger partial charge is 0.506 e. The van der Waals surface area contributed by atoms with Crippen LogP contribution in [0.1, 0.15) is 26.5 Å². The van der Waals surface area contributed by atoms with Gasteiger partial charge in [-0.15, -0.1) is 0 Å². The molecular formula is C12H11N3O4. The number of nitrogens with one attached hydrogen (secondary N) is 2. The maximum Gasteiger partial charge on any atom is 0.354 e. The molecule has 2 heterocycles. The van der Waals surface area contributed by atoms with Crippen LogP contribution < -0.4 is 5.32 Å². The van der Waals surface area contributed by atoms with E-state index in [1.807, 2.05) is 0 Å². The number of pyridine rings is 1. The SMILES string of the molecule is Cc1cc(NC(=O)c2cncc(O)c2)c(C(=O)O)[nH]1. The van der Waals surface area contributed by atoms with Crippen molar-refractivity contribution in [3.05, 3.63) is 41.5 Å². The summed E-state index contributed by atoms with van der Waals surface area (Å²) in [5.41, 5.74) is 0.814. The van der Waals surface area contributed by atoms with Crippen LogP contribution in [0.4, 0.5) is 5.69 Å². The summed E-state index contributed by atoms with van der Waals surface area (Å²) in [6.45, 7) is 1.68. The number of nitrogens with zero attached hydrogens (tertiary/aromatic N) is 1. The van der Waals surface area contributed by atoms with Crippen molar-refractivity contribution in [2.24, 2.45) is 0 Å². The Bertz CT molecular complexity index is 648. The standard InChI is InChI=1S/C12H11N3O4/c1-6-2-9(10(14-6)12(18)19)15-11(17)7-3-8(16)5-13-4-7/h2-5,14,16H,1H3,(H,15,17)(H,18,19). The van der Waals surface area contributed by atoms with E-state index in [0.717, 1.165) is 0 Å². The summed E-state index contributed by atoms with van der Waals surface area (Å²) >= 11 is 0. The van der Waals surface area contributed by atoms with Crippen LogP contribution in [0.2, 0.25) is 0 Å². The quantitative estimate of drug-likeness (QED) is 0.666. The Hall–Kier alpha value is -2.83. The molecule has 0 aromatic carbocycles. The van der Waals surface area contributed by atoms with Crippen LogP contribution in [0.3, 0.4) is 0 Å². The van der Waals surface area contributed by atoms with Crippen LogP contribution in [0, 0.1) is 6.92 Å². The highest BCUT2D eigenvalue weighted by Gasteiger charge is 2.16. The molecule has 98 valence electrons. The maximum atomic E-state index is 11.9. The molecule has 7 heteroatoms. The van der Waals surface area contributed by atoms with E-state index in [4.69, 9.17) is 5.11 Å². The molecule has 2 rings (SSSR count). The van der Waals surface area contributed by atoms with Crippen LogP contribution in [-0.4, -0.2) is 32.1 Å². The second-order valence-electron chi connectivity index (χ2n) is 3.93. The molecule has 0 atom stereocenters. The van der Waals surface area contributed by atoms with Crippen LogP contribution in [0.5, 0.6) is 5.75 Å². The predicted octanol–water partition coefficient (Wildman–Crippen LogP) is 1.37.